The lowest BCUT2D eigenvalue weighted by Gasteiger charge is -2.39. The Morgan fingerprint density at radius 1 is 0.214 bits per heavy atom. The van der Waals surface area contributed by atoms with Crippen LogP contribution in [0.1, 0.15) is 59.9 Å². The second kappa shape index (κ2) is 27.2. The summed E-state index contributed by atoms with van der Waals surface area (Å²) in [6, 6.07) is 117. The van der Waals surface area contributed by atoms with Crippen LogP contribution in [0.2, 0.25) is 0 Å². The van der Waals surface area contributed by atoms with Gasteiger partial charge in [0, 0.05) is 56.6 Å². The predicted molar refractivity (Wildman–Crippen MR) is 359 cm³/mol. The van der Waals surface area contributed by atoms with Crippen molar-refractivity contribution in [2.24, 2.45) is 0 Å². The fourth-order valence-electron chi connectivity index (χ4n) is 11.7. The number of anilines is 9. The molecule has 13 rings (SSSR count). The summed E-state index contributed by atoms with van der Waals surface area (Å²) in [6.07, 6.45) is 6.22. The molecular weight excluding hydrogens is 1010 g/mol. The van der Waals surface area contributed by atoms with Crippen LogP contribution >= 0.6 is 0 Å². The predicted octanol–water partition coefficient (Wildman–Crippen LogP) is 23.0. The third kappa shape index (κ3) is 13.5. The zero-order valence-corrected chi connectivity index (χ0v) is 48.6. The Kier molecular flexibility index (Phi) is 18.1. The highest BCUT2D eigenvalue weighted by molar-refractivity contribution is 5.82. The number of hydrogen-bond donors (Lipinski definition) is 0. The van der Waals surface area contributed by atoms with Crippen LogP contribution in [0.25, 0.3) is 22.3 Å². The topological polar surface area (TPSA) is 9.72 Å². The SMILES string of the molecule is Cc1ccc(-c2ccc(N(c3ccccc3)c3ccccc3)cc2)cc1.Cc1cccc(C2(c3cccc(N(c4ccccc4)c4ccc(-c5ccc(N(c6ccccc6)c6ccccc6)cc5)cc4)c3)CCCCC2)c1.Cc1ccccc1. The van der Waals surface area contributed by atoms with Gasteiger partial charge in [-0.2, -0.15) is 0 Å². The van der Waals surface area contributed by atoms with Crippen LogP contribution in [0.15, 0.2) is 328 Å². The Balaban J connectivity index is 0.000000184. The van der Waals surface area contributed by atoms with Crippen LogP contribution in [0.5, 0.6) is 0 Å². The van der Waals surface area contributed by atoms with E-state index in [2.05, 4.69) is 333 Å². The molecule has 0 saturated heterocycles. The van der Waals surface area contributed by atoms with Crippen molar-refractivity contribution in [2.45, 2.75) is 58.3 Å². The number of aryl methyl sites for hydroxylation is 3. The molecule has 0 aliphatic heterocycles. The molecular formula is C81H73N3. The summed E-state index contributed by atoms with van der Waals surface area (Å²) < 4.78 is 0. The van der Waals surface area contributed by atoms with E-state index >= 15 is 0 Å². The molecule has 12 aromatic carbocycles. The maximum atomic E-state index is 2.46. The van der Waals surface area contributed by atoms with Crippen molar-refractivity contribution in [3.8, 4) is 22.3 Å². The number of para-hydroxylation sites is 5. The largest absolute Gasteiger partial charge is 0.311 e. The Morgan fingerprint density at radius 2 is 0.476 bits per heavy atom. The van der Waals surface area contributed by atoms with E-state index in [4.69, 9.17) is 0 Å². The van der Waals surface area contributed by atoms with Crippen LogP contribution in [0, 0.1) is 20.8 Å². The fourth-order valence-corrected chi connectivity index (χ4v) is 11.7. The molecule has 1 aliphatic rings. The zero-order valence-electron chi connectivity index (χ0n) is 48.6. The second-order valence-electron chi connectivity index (χ2n) is 21.9. The molecule has 0 N–H and O–H groups in total. The quantitative estimate of drug-likeness (QED) is 0.114. The first-order valence-corrected chi connectivity index (χ1v) is 29.6. The molecule has 0 bridgehead atoms. The summed E-state index contributed by atoms with van der Waals surface area (Å²) in [7, 11) is 0. The third-order valence-electron chi connectivity index (χ3n) is 16.0. The van der Waals surface area contributed by atoms with E-state index in [0.29, 0.717) is 0 Å². The molecule has 412 valence electrons. The van der Waals surface area contributed by atoms with Gasteiger partial charge < -0.3 is 14.7 Å². The summed E-state index contributed by atoms with van der Waals surface area (Å²) in [4.78, 5) is 6.98. The second-order valence-corrected chi connectivity index (χ2v) is 21.9. The summed E-state index contributed by atoms with van der Waals surface area (Å²) in [5, 5.41) is 0. The Labute approximate surface area is 499 Å². The minimum Gasteiger partial charge on any atom is -0.311 e. The lowest BCUT2D eigenvalue weighted by molar-refractivity contribution is 0.346. The van der Waals surface area contributed by atoms with E-state index in [1.54, 1.807) is 0 Å². The molecule has 3 nitrogen and oxygen atoms in total. The molecule has 0 aromatic heterocycles. The van der Waals surface area contributed by atoms with E-state index in [1.807, 2.05) is 30.3 Å². The first kappa shape index (κ1) is 55.9. The number of nitrogens with zero attached hydrogens (tertiary/aromatic N) is 3. The average Bonchev–Trinajstić information content (AvgIpc) is 3.73. The van der Waals surface area contributed by atoms with Gasteiger partial charge in [-0.05, 0) is 176 Å². The van der Waals surface area contributed by atoms with E-state index in [1.165, 1.54) is 87.9 Å². The van der Waals surface area contributed by atoms with Crippen LogP contribution in [-0.2, 0) is 5.41 Å². The highest BCUT2D eigenvalue weighted by Crippen LogP contribution is 2.47. The van der Waals surface area contributed by atoms with Gasteiger partial charge in [-0.1, -0.05) is 254 Å². The lowest BCUT2D eigenvalue weighted by atomic mass is 9.65. The van der Waals surface area contributed by atoms with Gasteiger partial charge in [0.15, 0.2) is 0 Å². The van der Waals surface area contributed by atoms with E-state index in [0.717, 1.165) is 45.5 Å². The van der Waals surface area contributed by atoms with Crippen molar-refractivity contribution < 1.29 is 0 Å². The van der Waals surface area contributed by atoms with Gasteiger partial charge >= 0.3 is 0 Å². The number of benzene rings is 12. The van der Waals surface area contributed by atoms with Crippen LogP contribution in [-0.4, -0.2) is 0 Å². The Morgan fingerprint density at radius 3 is 0.810 bits per heavy atom. The molecule has 0 radical (unpaired) electrons. The van der Waals surface area contributed by atoms with Crippen molar-refractivity contribution in [2.75, 3.05) is 14.7 Å². The Bertz CT molecular complexity index is 3820. The molecule has 0 unspecified atom stereocenters. The van der Waals surface area contributed by atoms with Crippen molar-refractivity contribution in [1.29, 1.82) is 0 Å². The summed E-state index contributed by atoms with van der Waals surface area (Å²) in [5.74, 6) is 0. The number of hydrogen-bond acceptors (Lipinski definition) is 3. The molecule has 0 amide bonds. The minimum atomic E-state index is 0.0370. The molecule has 0 spiro atoms. The van der Waals surface area contributed by atoms with E-state index < -0.39 is 0 Å². The normalized spacial score (nSPS) is 12.3. The average molecular weight is 1090 g/mol. The minimum absolute atomic E-state index is 0.0370. The molecule has 3 heteroatoms. The molecule has 1 fully saturated rings. The van der Waals surface area contributed by atoms with Crippen molar-refractivity contribution >= 4 is 51.2 Å². The summed E-state index contributed by atoms with van der Waals surface area (Å²) >= 11 is 0. The molecule has 84 heavy (non-hydrogen) atoms. The molecule has 0 atom stereocenters. The van der Waals surface area contributed by atoms with Crippen LogP contribution in [0.4, 0.5) is 51.2 Å². The molecule has 1 saturated carbocycles. The van der Waals surface area contributed by atoms with Crippen molar-refractivity contribution in [3.63, 3.8) is 0 Å². The molecule has 1 aliphatic carbocycles. The van der Waals surface area contributed by atoms with Crippen molar-refractivity contribution in [1.82, 2.24) is 0 Å². The van der Waals surface area contributed by atoms with Gasteiger partial charge in [0.25, 0.3) is 0 Å². The van der Waals surface area contributed by atoms with Crippen LogP contribution < -0.4 is 14.7 Å². The highest BCUT2D eigenvalue weighted by Gasteiger charge is 2.36. The van der Waals surface area contributed by atoms with Gasteiger partial charge in [-0.25, -0.2) is 0 Å². The van der Waals surface area contributed by atoms with E-state index in [9.17, 15) is 0 Å². The smallest absolute Gasteiger partial charge is 0.0464 e. The first-order chi connectivity index (χ1) is 41.4. The van der Waals surface area contributed by atoms with Gasteiger partial charge in [0.05, 0.1) is 0 Å². The maximum absolute atomic E-state index is 2.46. The third-order valence-corrected chi connectivity index (χ3v) is 16.0. The van der Waals surface area contributed by atoms with Crippen LogP contribution in [0.3, 0.4) is 0 Å². The number of rotatable bonds is 13. The first-order valence-electron chi connectivity index (χ1n) is 29.6. The monoisotopic (exact) mass is 1090 g/mol. The van der Waals surface area contributed by atoms with Gasteiger partial charge in [0.1, 0.15) is 0 Å². The van der Waals surface area contributed by atoms with Gasteiger partial charge in [-0.3, -0.25) is 0 Å². The molecule has 0 heterocycles. The summed E-state index contributed by atoms with van der Waals surface area (Å²) in [5.41, 5.74) is 22.1. The lowest BCUT2D eigenvalue weighted by Crippen LogP contribution is -2.30. The maximum Gasteiger partial charge on any atom is 0.0464 e. The van der Waals surface area contributed by atoms with E-state index in [-0.39, 0.29) is 5.41 Å². The molecule has 12 aromatic rings. The van der Waals surface area contributed by atoms with Gasteiger partial charge in [-0.15, -0.1) is 0 Å². The summed E-state index contributed by atoms with van der Waals surface area (Å²) in [6.45, 7) is 6.42. The Hall–Kier alpha value is -9.96. The zero-order chi connectivity index (χ0) is 57.3. The fraction of sp³-hybridized carbons (Fsp3) is 0.111. The van der Waals surface area contributed by atoms with Crippen molar-refractivity contribution in [3.05, 3.63) is 355 Å². The van der Waals surface area contributed by atoms with Gasteiger partial charge in [0.2, 0.25) is 0 Å². The highest BCUT2D eigenvalue weighted by atomic mass is 15.2. The standard InChI is InChI=1S/C49H44N2.C25H21N.C7H8/c1-38-16-14-17-41(36-38)49(34-12-5-13-35-49)42-18-15-25-48(37-42)51(45-23-10-4-11-24-45)47-32-28-40(29-33-47)39-26-30-46(31-27-39)50(43-19-6-2-7-20-43)44-21-8-3-9-22-44;1-20-12-14-21(15-13-20)22-16-18-25(19-17-22)26(23-8-4-2-5-9-23)24-10-6-3-7-11-24;1-7-5-3-2-4-6-7/h2-4,6-11,14-33,36-37H,5,12-13,34-35H2,1H3;2-19H,1H3;2-6H,1H3.